The van der Waals surface area contributed by atoms with Gasteiger partial charge in [0.25, 0.3) is 0 Å². The molecule has 1 aliphatic heterocycles. The highest BCUT2D eigenvalue weighted by Gasteiger charge is 2.39. The van der Waals surface area contributed by atoms with Crippen LogP contribution >= 0.6 is 0 Å². The van der Waals surface area contributed by atoms with Crippen molar-refractivity contribution in [2.24, 2.45) is 5.92 Å². The molecule has 2 aliphatic rings. The van der Waals surface area contributed by atoms with Crippen LogP contribution in [0.5, 0.6) is 0 Å². The van der Waals surface area contributed by atoms with Gasteiger partial charge in [-0.2, -0.15) is 5.10 Å². The molecule has 4 rings (SSSR count). The van der Waals surface area contributed by atoms with E-state index >= 15 is 0 Å². The van der Waals surface area contributed by atoms with Crippen molar-refractivity contribution in [2.45, 2.75) is 62.1 Å². The van der Waals surface area contributed by atoms with Crippen LogP contribution in [0.3, 0.4) is 0 Å². The first-order chi connectivity index (χ1) is 13.9. The molecular formula is C21H28N2O5S. The number of carbonyl (C=O) groups excluding carboxylic acids is 1. The summed E-state index contributed by atoms with van der Waals surface area (Å²) in [6, 6.07) is 3.10. The van der Waals surface area contributed by atoms with Crippen molar-refractivity contribution in [1.82, 2.24) is 9.78 Å². The fraction of sp³-hybridized carbons (Fsp3) is 0.619. The van der Waals surface area contributed by atoms with Gasteiger partial charge in [0.1, 0.15) is 6.04 Å². The molecule has 1 atom stereocenters. The van der Waals surface area contributed by atoms with Crippen molar-refractivity contribution in [3.63, 3.8) is 0 Å². The number of fused-ring (bicyclic) bond motifs is 1. The number of benzene rings is 1. The molecule has 1 unspecified atom stereocenters. The van der Waals surface area contributed by atoms with Crippen molar-refractivity contribution in [1.29, 1.82) is 0 Å². The van der Waals surface area contributed by atoms with Crippen molar-refractivity contribution in [2.75, 3.05) is 19.8 Å². The predicted molar refractivity (Wildman–Crippen MR) is 109 cm³/mol. The molecule has 1 saturated carbocycles. The number of rotatable bonds is 7. The average molecular weight is 421 g/mol. The van der Waals surface area contributed by atoms with Crippen molar-refractivity contribution in [3.8, 4) is 0 Å². The molecule has 1 aliphatic carbocycles. The van der Waals surface area contributed by atoms with Gasteiger partial charge in [0, 0.05) is 18.6 Å². The summed E-state index contributed by atoms with van der Waals surface area (Å²) in [7, 11) is -3.38. The zero-order valence-corrected chi connectivity index (χ0v) is 17.8. The first-order valence-corrected chi connectivity index (χ1v) is 11.9. The van der Waals surface area contributed by atoms with Gasteiger partial charge in [-0.1, -0.05) is 6.07 Å². The van der Waals surface area contributed by atoms with E-state index in [2.05, 4.69) is 5.10 Å². The van der Waals surface area contributed by atoms with Crippen LogP contribution in [0.2, 0.25) is 0 Å². The van der Waals surface area contributed by atoms with Crippen molar-refractivity contribution in [3.05, 3.63) is 23.9 Å². The maximum Gasteiger partial charge on any atom is 0.330 e. The third kappa shape index (κ3) is 3.92. The number of hydrogen-bond acceptors (Lipinski definition) is 6. The summed E-state index contributed by atoms with van der Waals surface area (Å²) in [6.45, 7) is 5.29. The zero-order chi connectivity index (χ0) is 20.6. The summed E-state index contributed by atoms with van der Waals surface area (Å²) in [5.74, 6) is 0.0219. The van der Waals surface area contributed by atoms with E-state index in [9.17, 15) is 13.2 Å². The molecule has 8 heteroatoms. The Morgan fingerprint density at radius 1 is 1.28 bits per heavy atom. The molecule has 2 heterocycles. The lowest BCUT2D eigenvalue weighted by Gasteiger charge is -2.26. The molecule has 1 aromatic carbocycles. The minimum atomic E-state index is -3.38. The molecule has 0 amide bonds. The molecule has 158 valence electrons. The van der Waals surface area contributed by atoms with Crippen LogP contribution in [0.4, 0.5) is 0 Å². The van der Waals surface area contributed by atoms with Crippen LogP contribution in [0.1, 0.15) is 50.6 Å². The molecule has 0 bridgehead atoms. The first kappa shape index (κ1) is 20.3. The minimum Gasteiger partial charge on any atom is -0.464 e. The SMILES string of the molecule is CCOC(=O)C(CC1CCOCC1)n1ncc2c(S(=O)(=O)C3CC3)c(C)ccc21. The van der Waals surface area contributed by atoms with Crippen LogP contribution in [-0.4, -0.2) is 49.2 Å². The lowest BCUT2D eigenvalue weighted by atomic mass is 9.92. The van der Waals surface area contributed by atoms with E-state index < -0.39 is 15.9 Å². The number of esters is 1. The number of carbonyl (C=O) groups is 1. The number of nitrogens with zero attached hydrogens (tertiary/aromatic N) is 2. The summed E-state index contributed by atoms with van der Waals surface area (Å²) >= 11 is 0. The monoisotopic (exact) mass is 420 g/mol. The van der Waals surface area contributed by atoms with Gasteiger partial charge >= 0.3 is 5.97 Å². The Kier molecular flexibility index (Phi) is 5.66. The Balaban J connectivity index is 1.76. The highest BCUT2D eigenvalue weighted by molar-refractivity contribution is 7.92. The molecule has 29 heavy (non-hydrogen) atoms. The van der Waals surface area contributed by atoms with Crippen LogP contribution in [0, 0.1) is 12.8 Å². The van der Waals surface area contributed by atoms with E-state index in [-0.39, 0.29) is 11.2 Å². The van der Waals surface area contributed by atoms with Gasteiger partial charge in [-0.3, -0.25) is 4.68 Å². The Hall–Kier alpha value is -1.93. The summed E-state index contributed by atoms with van der Waals surface area (Å²) in [5, 5.41) is 4.78. The van der Waals surface area contributed by atoms with Crippen LogP contribution in [0.25, 0.3) is 10.9 Å². The number of hydrogen-bond donors (Lipinski definition) is 0. The maximum atomic E-state index is 13.0. The third-order valence-electron chi connectivity index (χ3n) is 5.93. The second-order valence-electron chi connectivity index (χ2n) is 8.04. The van der Waals surface area contributed by atoms with Gasteiger partial charge in [0.15, 0.2) is 9.84 Å². The number of aryl methyl sites for hydroxylation is 1. The third-order valence-corrected chi connectivity index (χ3v) is 8.39. The van der Waals surface area contributed by atoms with Crippen molar-refractivity contribution >= 4 is 26.7 Å². The predicted octanol–water partition coefficient (Wildman–Crippen LogP) is 3.20. The van der Waals surface area contributed by atoms with E-state index in [1.54, 1.807) is 17.8 Å². The zero-order valence-electron chi connectivity index (χ0n) is 17.0. The van der Waals surface area contributed by atoms with E-state index in [0.717, 1.165) is 18.4 Å². The van der Waals surface area contributed by atoms with Crippen molar-refractivity contribution < 1.29 is 22.7 Å². The van der Waals surface area contributed by atoms with E-state index in [0.29, 0.717) is 60.8 Å². The average Bonchev–Trinajstić information content (AvgIpc) is 3.48. The van der Waals surface area contributed by atoms with Gasteiger partial charge in [0.2, 0.25) is 0 Å². The Morgan fingerprint density at radius 3 is 2.66 bits per heavy atom. The van der Waals surface area contributed by atoms with E-state index in [1.807, 2.05) is 19.1 Å². The molecular weight excluding hydrogens is 392 g/mol. The highest BCUT2D eigenvalue weighted by Crippen LogP contribution is 2.39. The largest absolute Gasteiger partial charge is 0.464 e. The van der Waals surface area contributed by atoms with E-state index in [1.165, 1.54) is 0 Å². The molecule has 1 saturated heterocycles. The maximum absolute atomic E-state index is 13.0. The fourth-order valence-electron chi connectivity index (χ4n) is 4.21. The molecule has 2 fully saturated rings. The van der Waals surface area contributed by atoms with Gasteiger partial charge < -0.3 is 9.47 Å². The standard InChI is InChI=1S/C21H28N2O5S/c1-3-28-21(24)19(12-15-8-10-27-11-9-15)23-18-7-4-14(2)20(17(18)13-22-23)29(25,26)16-5-6-16/h4,7,13,15-16,19H,3,5-6,8-12H2,1-2H3. The summed E-state index contributed by atoms with van der Waals surface area (Å²) in [5.41, 5.74) is 1.39. The molecule has 1 aromatic heterocycles. The topological polar surface area (TPSA) is 87.5 Å². The summed E-state index contributed by atoms with van der Waals surface area (Å²) < 4.78 is 38.5. The first-order valence-electron chi connectivity index (χ1n) is 10.4. The Morgan fingerprint density at radius 2 is 2.00 bits per heavy atom. The summed E-state index contributed by atoms with van der Waals surface area (Å²) in [4.78, 5) is 13.2. The number of sulfone groups is 1. The van der Waals surface area contributed by atoms with Gasteiger partial charge in [0.05, 0.1) is 28.5 Å². The highest BCUT2D eigenvalue weighted by atomic mass is 32.2. The van der Waals surface area contributed by atoms with Gasteiger partial charge in [-0.25, -0.2) is 13.2 Å². The second-order valence-corrected chi connectivity index (χ2v) is 10.2. The van der Waals surface area contributed by atoms with Crippen LogP contribution < -0.4 is 0 Å². The molecule has 2 aromatic rings. The Labute approximate surface area is 171 Å². The molecule has 7 nitrogen and oxygen atoms in total. The van der Waals surface area contributed by atoms with Gasteiger partial charge in [-0.15, -0.1) is 0 Å². The lowest BCUT2D eigenvalue weighted by Crippen LogP contribution is -2.27. The minimum absolute atomic E-state index is 0.293. The molecule has 0 N–H and O–H groups in total. The second kappa shape index (κ2) is 8.07. The number of ether oxygens (including phenoxy) is 2. The quantitative estimate of drug-likeness (QED) is 0.639. The Bertz CT molecular complexity index is 1000. The summed E-state index contributed by atoms with van der Waals surface area (Å²) in [6.07, 6.45) is 5.42. The molecule has 0 spiro atoms. The van der Waals surface area contributed by atoms with Gasteiger partial charge in [-0.05, 0) is 63.5 Å². The smallest absolute Gasteiger partial charge is 0.330 e. The number of aromatic nitrogens is 2. The fourth-order valence-corrected chi connectivity index (χ4v) is 6.28. The normalized spacial score (nSPS) is 19.4. The van der Waals surface area contributed by atoms with Crippen LogP contribution in [0.15, 0.2) is 23.2 Å². The van der Waals surface area contributed by atoms with Crippen LogP contribution in [-0.2, 0) is 24.1 Å². The van der Waals surface area contributed by atoms with E-state index in [4.69, 9.17) is 9.47 Å². The molecule has 0 radical (unpaired) electrons. The lowest BCUT2D eigenvalue weighted by molar-refractivity contribution is -0.148.